The summed E-state index contributed by atoms with van der Waals surface area (Å²) in [6, 6.07) is 76.4. The third-order valence-corrected chi connectivity index (χ3v) is 12.5. The Hall–Kier alpha value is -8.78. The van der Waals surface area contributed by atoms with E-state index in [0.29, 0.717) is 23.2 Å². The zero-order valence-electron chi connectivity index (χ0n) is 34.6. The van der Waals surface area contributed by atoms with Crippen LogP contribution in [-0.4, -0.2) is 15.0 Å². The van der Waals surface area contributed by atoms with Crippen molar-refractivity contribution in [3.05, 3.63) is 230 Å². The lowest BCUT2D eigenvalue weighted by molar-refractivity contribution is 1.08. The number of hydrogen-bond donors (Lipinski definition) is 0. The highest BCUT2D eigenvalue weighted by molar-refractivity contribution is 6.16. The van der Waals surface area contributed by atoms with Crippen LogP contribution in [0.2, 0.25) is 0 Å². The molecule has 1 aliphatic carbocycles. The largest absolute Gasteiger partial charge is 0.238 e. The first-order valence-corrected chi connectivity index (χ1v) is 21.5. The van der Waals surface area contributed by atoms with E-state index >= 15 is 0 Å². The van der Waals surface area contributed by atoms with E-state index in [9.17, 15) is 0 Å². The summed E-state index contributed by atoms with van der Waals surface area (Å²) in [5, 5.41) is 4.80. The molecule has 64 heavy (non-hydrogen) atoms. The Morgan fingerprint density at radius 2 is 0.781 bits per heavy atom. The van der Waals surface area contributed by atoms with Gasteiger partial charge in [-0.3, -0.25) is 0 Å². The van der Waals surface area contributed by atoms with Gasteiger partial charge in [0.2, 0.25) is 0 Å². The van der Waals surface area contributed by atoms with Crippen molar-refractivity contribution in [2.45, 2.75) is 0 Å². The van der Waals surface area contributed by atoms with E-state index < -0.39 is 0 Å². The van der Waals surface area contributed by atoms with Crippen LogP contribution in [0.1, 0.15) is 0 Å². The van der Waals surface area contributed by atoms with Crippen molar-refractivity contribution >= 4 is 27.2 Å². The third-order valence-electron chi connectivity index (χ3n) is 12.5. The highest BCUT2D eigenvalue weighted by Gasteiger charge is 2.23. The summed E-state index contributed by atoms with van der Waals surface area (Å²) in [6.45, 7) is 8.22. The molecule has 11 aromatic rings. The minimum Gasteiger partial charge on any atom is -0.238 e. The number of rotatable bonds is 7. The predicted molar refractivity (Wildman–Crippen MR) is 264 cm³/mol. The molecule has 0 saturated carbocycles. The average Bonchev–Trinajstić information content (AvgIpc) is 3.70. The molecule has 1 aliphatic rings. The Labute approximate surface area is 371 Å². The van der Waals surface area contributed by atoms with E-state index in [4.69, 9.17) is 21.5 Å². The SMILES string of the molecule is [C-]#[N+]c1cc(-c2cccc(-c3nc(-c4ccccc4)nc(-c4cccc5ccccc45)n3)c2)cc(-c2ccccc2-c2ccccc2-c2ccc3c(c2)-c2cccc4cccc-3c24)c1. The van der Waals surface area contributed by atoms with Crippen LogP contribution >= 0.6 is 0 Å². The monoisotopic (exact) mass is 812 g/mol. The summed E-state index contributed by atoms with van der Waals surface area (Å²) in [4.78, 5) is 19.2. The molecular formula is C60H36N4. The van der Waals surface area contributed by atoms with Gasteiger partial charge in [0.15, 0.2) is 23.2 Å². The molecule has 12 rings (SSSR count). The maximum Gasteiger partial charge on any atom is 0.188 e. The fraction of sp³-hybridized carbons (Fsp3) is 0. The van der Waals surface area contributed by atoms with E-state index in [-0.39, 0.29) is 0 Å². The second-order valence-electron chi connectivity index (χ2n) is 16.2. The van der Waals surface area contributed by atoms with E-state index in [0.717, 1.165) is 66.4 Å². The topological polar surface area (TPSA) is 43.0 Å². The lowest BCUT2D eigenvalue weighted by Gasteiger charge is -2.17. The molecule has 0 fully saturated rings. The molecule has 0 radical (unpaired) electrons. The molecule has 10 aromatic carbocycles. The number of hydrogen-bond acceptors (Lipinski definition) is 3. The number of aromatic nitrogens is 3. The van der Waals surface area contributed by atoms with Crippen LogP contribution in [0.25, 0.3) is 127 Å². The Bertz CT molecular complexity index is 3680. The minimum atomic E-state index is 0.568. The Balaban J connectivity index is 0.955. The minimum absolute atomic E-state index is 0.568. The molecule has 1 aromatic heterocycles. The van der Waals surface area contributed by atoms with Gasteiger partial charge < -0.3 is 0 Å². The molecule has 0 amide bonds. The molecule has 4 heteroatoms. The van der Waals surface area contributed by atoms with Crippen LogP contribution in [0.15, 0.2) is 218 Å². The van der Waals surface area contributed by atoms with Crippen molar-refractivity contribution in [1.29, 1.82) is 0 Å². The van der Waals surface area contributed by atoms with Gasteiger partial charge in [-0.2, -0.15) is 0 Å². The Kier molecular flexibility index (Phi) is 8.84. The van der Waals surface area contributed by atoms with Crippen molar-refractivity contribution in [3.63, 3.8) is 0 Å². The predicted octanol–water partition coefficient (Wildman–Crippen LogP) is 16.0. The zero-order valence-corrected chi connectivity index (χ0v) is 34.6. The second kappa shape index (κ2) is 15.3. The average molecular weight is 813 g/mol. The van der Waals surface area contributed by atoms with Crippen LogP contribution in [-0.2, 0) is 0 Å². The fourth-order valence-corrected chi connectivity index (χ4v) is 9.50. The molecule has 0 unspecified atom stereocenters. The van der Waals surface area contributed by atoms with Gasteiger partial charge in [0.25, 0.3) is 0 Å². The van der Waals surface area contributed by atoms with Gasteiger partial charge in [0, 0.05) is 16.7 Å². The molecule has 0 bridgehead atoms. The van der Waals surface area contributed by atoms with Gasteiger partial charge >= 0.3 is 0 Å². The lowest BCUT2D eigenvalue weighted by Crippen LogP contribution is -2.00. The van der Waals surface area contributed by atoms with Gasteiger partial charge in [-0.1, -0.05) is 188 Å². The standard InChI is InChI=1S/C60H36N4/c1-61-46-35-44(41-21-11-22-43(33-41)59-62-58(40-16-3-2-4-17-40)63-60(64-59)55-30-12-18-38-15-5-6-23-47(38)55)34-45(36-46)49-25-8-10-27-51(49)50-26-9-7-24-48(50)42-31-32-52-53-28-13-19-39-20-14-29-54(57(39)53)56(52)37-42/h2-37H. The summed E-state index contributed by atoms with van der Waals surface area (Å²) < 4.78 is 0. The van der Waals surface area contributed by atoms with Gasteiger partial charge in [0.05, 0.1) is 6.57 Å². The smallest absolute Gasteiger partial charge is 0.188 e. The zero-order chi connectivity index (χ0) is 42.6. The number of fused-ring (bicyclic) bond motifs is 4. The highest BCUT2D eigenvalue weighted by Crippen LogP contribution is 2.49. The second-order valence-corrected chi connectivity index (χ2v) is 16.2. The lowest BCUT2D eigenvalue weighted by atomic mass is 9.87. The normalized spacial score (nSPS) is 11.4. The summed E-state index contributed by atoms with van der Waals surface area (Å²) in [5.74, 6) is 1.80. The van der Waals surface area contributed by atoms with Crippen LogP contribution in [0.5, 0.6) is 0 Å². The van der Waals surface area contributed by atoms with Crippen molar-refractivity contribution in [2.24, 2.45) is 0 Å². The summed E-state index contributed by atoms with van der Waals surface area (Å²) in [5.41, 5.74) is 16.9. The van der Waals surface area contributed by atoms with Crippen molar-refractivity contribution in [2.75, 3.05) is 0 Å². The van der Waals surface area contributed by atoms with Gasteiger partial charge in [0.1, 0.15) is 0 Å². The van der Waals surface area contributed by atoms with Crippen molar-refractivity contribution in [3.8, 4) is 101 Å². The van der Waals surface area contributed by atoms with Crippen molar-refractivity contribution in [1.82, 2.24) is 15.0 Å². The first-order chi connectivity index (χ1) is 31.7. The summed E-state index contributed by atoms with van der Waals surface area (Å²) >= 11 is 0. The van der Waals surface area contributed by atoms with E-state index in [2.05, 4.69) is 157 Å². The van der Waals surface area contributed by atoms with Gasteiger partial charge in [-0.25, -0.2) is 19.8 Å². The summed E-state index contributed by atoms with van der Waals surface area (Å²) in [6.07, 6.45) is 0. The molecule has 0 spiro atoms. The molecule has 296 valence electrons. The Morgan fingerprint density at radius 1 is 0.281 bits per heavy atom. The molecule has 0 N–H and O–H groups in total. The van der Waals surface area contributed by atoms with Crippen LogP contribution in [0, 0.1) is 6.57 Å². The first kappa shape index (κ1) is 37.0. The number of nitrogens with zero attached hydrogens (tertiary/aromatic N) is 4. The molecule has 0 aliphatic heterocycles. The molecule has 1 heterocycles. The fourth-order valence-electron chi connectivity index (χ4n) is 9.50. The molecule has 0 saturated heterocycles. The molecular weight excluding hydrogens is 777 g/mol. The van der Waals surface area contributed by atoms with E-state index in [1.807, 2.05) is 66.7 Å². The maximum atomic E-state index is 8.22. The summed E-state index contributed by atoms with van der Waals surface area (Å²) in [7, 11) is 0. The highest BCUT2D eigenvalue weighted by atomic mass is 15.0. The third kappa shape index (κ3) is 6.35. The van der Waals surface area contributed by atoms with Crippen LogP contribution in [0.3, 0.4) is 0 Å². The van der Waals surface area contributed by atoms with Crippen LogP contribution < -0.4 is 0 Å². The molecule has 4 nitrogen and oxygen atoms in total. The Morgan fingerprint density at radius 3 is 1.55 bits per heavy atom. The van der Waals surface area contributed by atoms with Crippen molar-refractivity contribution < 1.29 is 0 Å². The van der Waals surface area contributed by atoms with Gasteiger partial charge in [-0.05, 0) is 119 Å². The van der Waals surface area contributed by atoms with Gasteiger partial charge in [-0.15, -0.1) is 0 Å². The van der Waals surface area contributed by atoms with E-state index in [1.54, 1.807) is 0 Å². The maximum absolute atomic E-state index is 8.22. The van der Waals surface area contributed by atoms with Crippen LogP contribution in [0.4, 0.5) is 5.69 Å². The first-order valence-electron chi connectivity index (χ1n) is 21.5. The molecule has 0 atom stereocenters. The van der Waals surface area contributed by atoms with E-state index in [1.165, 1.54) is 38.6 Å². The quantitative estimate of drug-likeness (QED) is 0.151. The number of benzene rings is 10.